The number of carbonyl (C=O) groups excluding carboxylic acids is 1. The molecule has 10 heteroatoms. The van der Waals surface area contributed by atoms with Crippen LogP contribution in [0.15, 0.2) is 39.3 Å². The Morgan fingerprint density at radius 3 is 2.52 bits per heavy atom. The van der Waals surface area contributed by atoms with Gasteiger partial charge in [-0.1, -0.05) is 20.8 Å². The second-order valence-electron chi connectivity index (χ2n) is 7.83. The highest BCUT2D eigenvalue weighted by molar-refractivity contribution is 5.89. The fourth-order valence-electron chi connectivity index (χ4n) is 2.92. The zero-order valence-corrected chi connectivity index (χ0v) is 18.0. The summed E-state index contributed by atoms with van der Waals surface area (Å²) in [7, 11) is 0. The van der Waals surface area contributed by atoms with Gasteiger partial charge in [-0.3, -0.25) is 15.0 Å². The van der Waals surface area contributed by atoms with Crippen LogP contribution in [0.1, 0.15) is 49.4 Å². The van der Waals surface area contributed by atoms with Crippen LogP contribution in [0.5, 0.6) is 0 Å². The van der Waals surface area contributed by atoms with Crippen molar-refractivity contribution in [3.63, 3.8) is 0 Å². The van der Waals surface area contributed by atoms with Crippen LogP contribution in [0, 0.1) is 13.5 Å². The molecule has 2 heterocycles. The van der Waals surface area contributed by atoms with Gasteiger partial charge in [0.25, 0.3) is 11.2 Å². The number of azo groups is 1. The number of ether oxygens (including phenoxy) is 1. The number of aryl methyl sites for hydroxylation is 1. The maximum Gasteiger partial charge on any atom is 0.338 e. The summed E-state index contributed by atoms with van der Waals surface area (Å²) in [5, 5.41) is 18.0. The van der Waals surface area contributed by atoms with Crippen LogP contribution in [0.2, 0.25) is 0 Å². The number of aromatic amines is 2. The highest BCUT2D eigenvalue weighted by atomic mass is 16.5. The van der Waals surface area contributed by atoms with Crippen molar-refractivity contribution >= 4 is 23.2 Å². The normalized spacial score (nSPS) is 11.6. The minimum Gasteiger partial charge on any atom is -0.462 e. The van der Waals surface area contributed by atoms with Gasteiger partial charge in [0, 0.05) is 5.69 Å². The highest BCUT2D eigenvalue weighted by Crippen LogP contribution is 2.37. The van der Waals surface area contributed by atoms with Crippen LogP contribution in [-0.4, -0.2) is 32.6 Å². The lowest BCUT2D eigenvalue weighted by molar-refractivity contribution is 0.0526. The predicted octanol–water partition coefficient (Wildman–Crippen LogP) is 4.64. The lowest BCUT2D eigenvalue weighted by Gasteiger charge is -2.16. The van der Waals surface area contributed by atoms with E-state index in [0.717, 1.165) is 0 Å². The Morgan fingerprint density at radius 1 is 1.26 bits per heavy atom. The Kier molecular flexibility index (Phi) is 5.88. The number of hydrogen-bond donors (Lipinski definition) is 2. The molecule has 0 unspecified atom stereocenters. The first-order valence-corrected chi connectivity index (χ1v) is 9.64. The topological polar surface area (TPSA) is 122 Å². The lowest BCUT2D eigenvalue weighted by Crippen LogP contribution is -2.14. The maximum absolute atomic E-state index is 12.8. The number of carbonyl (C=O) groups is 1. The predicted molar refractivity (Wildman–Crippen MR) is 115 cm³/mol. The van der Waals surface area contributed by atoms with Crippen molar-refractivity contribution in [2.24, 2.45) is 10.2 Å². The smallest absolute Gasteiger partial charge is 0.338 e. The van der Waals surface area contributed by atoms with E-state index in [1.54, 1.807) is 38.1 Å². The number of benzene rings is 1. The van der Waals surface area contributed by atoms with Crippen LogP contribution >= 0.6 is 0 Å². The molecule has 10 nitrogen and oxygen atoms in total. The molecule has 160 valence electrons. The van der Waals surface area contributed by atoms with Crippen LogP contribution < -0.4 is 5.56 Å². The molecule has 0 bridgehead atoms. The summed E-state index contributed by atoms with van der Waals surface area (Å²) in [6.07, 6.45) is 0. The zero-order valence-electron chi connectivity index (χ0n) is 18.0. The van der Waals surface area contributed by atoms with Crippen LogP contribution in [-0.2, 0) is 10.2 Å². The molecule has 0 saturated carbocycles. The fraction of sp³-hybridized carbons (Fsp3) is 0.333. The van der Waals surface area contributed by atoms with Crippen molar-refractivity contribution in [2.45, 2.75) is 40.0 Å². The van der Waals surface area contributed by atoms with E-state index in [2.05, 4.69) is 30.4 Å². The first-order chi connectivity index (χ1) is 14.7. The number of aromatic nitrogens is 4. The summed E-state index contributed by atoms with van der Waals surface area (Å²) in [4.78, 5) is 28.2. The second kappa shape index (κ2) is 8.39. The summed E-state index contributed by atoms with van der Waals surface area (Å²) in [5.74, 6) is -0.298. The molecule has 0 saturated heterocycles. The number of nitrogens with one attached hydrogen (secondary N) is 2. The minimum atomic E-state index is -0.428. The van der Waals surface area contributed by atoms with Gasteiger partial charge in [0.2, 0.25) is 5.82 Å². The van der Waals surface area contributed by atoms with Gasteiger partial charge in [-0.25, -0.2) is 14.3 Å². The number of H-pyrrole nitrogens is 2. The van der Waals surface area contributed by atoms with Gasteiger partial charge in [-0.05, 0) is 43.5 Å². The highest BCUT2D eigenvalue weighted by Gasteiger charge is 2.24. The van der Waals surface area contributed by atoms with Gasteiger partial charge in [0.1, 0.15) is 0 Å². The summed E-state index contributed by atoms with van der Waals surface area (Å²) in [5.41, 5.74) is 1.72. The Balaban J connectivity index is 1.93. The third-order valence-corrected chi connectivity index (χ3v) is 4.51. The van der Waals surface area contributed by atoms with Crippen molar-refractivity contribution in [2.75, 3.05) is 6.61 Å². The Hall–Kier alpha value is -4.00. The summed E-state index contributed by atoms with van der Waals surface area (Å²) in [6.45, 7) is 17.0. The van der Waals surface area contributed by atoms with E-state index in [1.165, 1.54) is 4.68 Å². The monoisotopic (exact) mass is 421 g/mol. The Labute approximate surface area is 178 Å². The van der Waals surface area contributed by atoms with Gasteiger partial charge in [0.05, 0.1) is 30.1 Å². The van der Waals surface area contributed by atoms with E-state index < -0.39 is 11.5 Å². The quantitative estimate of drug-likeness (QED) is 0.354. The number of hydrogen-bond acceptors (Lipinski definition) is 6. The number of rotatable bonds is 5. The standard InChI is InChI=1S/C21H23N7O3/c1-7-31-20(30)13-8-10-14(11-9-13)28-19(29)15(12(2)27-28)23-25-18-16(22-6)17(24-26-18)21(3,4)5/h8-11,27H,7H2,1-5H3,(H,24,26). The van der Waals surface area contributed by atoms with Crippen molar-refractivity contribution < 1.29 is 9.53 Å². The van der Waals surface area contributed by atoms with Crippen molar-refractivity contribution in [3.8, 4) is 5.69 Å². The molecule has 2 N–H and O–H groups in total. The lowest BCUT2D eigenvalue weighted by atomic mass is 9.91. The molecule has 31 heavy (non-hydrogen) atoms. The van der Waals surface area contributed by atoms with Crippen LogP contribution in [0.3, 0.4) is 0 Å². The maximum atomic E-state index is 12.8. The summed E-state index contributed by atoms with van der Waals surface area (Å²) < 4.78 is 6.27. The van der Waals surface area contributed by atoms with E-state index in [0.29, 0.717) is 22.6 Å². The van der Waals surface area contributed by atoms with Gasteiger partial charge in [-0.15, -0.1) is 10.2 Å². The third-order valence-electron chi connectivity index (χ3n) is 4.51. The summed E-state index contributed by atoms with van der Waals surface area (Å²) in [6, 6.07) is 6.42. The molecule has 0 spiro atoms. The summed E-state index contributed by atoms with van der Waals surface area (Å²) >= 11 is 0. The molecule has 0 amide bonds. The molecule has 0 aliphatic rings. The molecule has 3 rings (SSSR count). The van der Waals surface area contributed by atoms with Gasteiger partial charge in [0.15, 0.2) is 5.69 Å². The largest absolute Gasteiger partial charge is 0.462 e. The van der Waals surface area contributed by atoms with Crippen LogP contribution in [0.25, 0.3) is 10.5 Å². The zero-order chi connectivity index (χ0) is 22.8. The van der Waals surface area contributed by atoms with Crippen molar-refractivity contribution in [3.05, 3.63) is 63.0 Å². The van der Waals surface area contributed by atoms with Crippen molar-refractivity contribution in [1.29, 1.82) is 0 Å². The number of nitrogens with zero attached hydrogens (tertiary/aromatic N) is 5. The molecule has 0 fully saturated rings. The van der Waals surface area contributed by atoms with E-state index in [4.69, 9.17) is 11.3 Å². The van der Waals surface area contributed by atoms with Gasteiger partial charge < -0.3 is 4.74 Å². The first-order valence-electron chi connectivity index (χ1n) is 9.64. The van der Waals surface area contributed by atoms with Crippen molar-refractivity contribution in [1.82, 2.24) is 20.0 Å². The Morgan fingerprint density at radius 2 is 1.94 bits per heavy atom. The molecular weight excluding hydrogens is 398 g/mol. The van der Waals surface area contributed by atoms with Crippen LogP contribution in [0.4, 0.5) is 17.2 Å². The molecule has 1 aromatic carbocycles. The van der Waals surface area contributed by atoms with E-state index in [1.807, 2.05) is 20.8 Å². The third kappa shape index (κ3) is 4.30. The van der Waals surface area contributed by atoms with E-state index in [-0.39, 0.29) is 29.2 Å². The number of esters is 1. The molecule has 3 aromatic rings. The van der Waals surface area contributed by atoms with Gasteiger partial charge >= 0.3 is 5.97 Å². The molecule has 0 aliphatic carbocycles. The minimum absolute atomic E-state index is 0.103. The molecule has 0 atom stereocenters. The van der Waals surface area contributed by atoms with Gasteiger partial charge in [-0.2, -0.15) is 5.10 Å². The van der Waals surface area contributed by atoms with E-state index in [9.17, 15) is 9.59 Å². The average Bonchev–Trinajstić information content (AvgIpc) is 3.27. The second-order valence-corrected chi connectivity index (χ2v) is 7.83. The Bertz CT molecular complexity index is 1230. The SMILES string of the molecule is [C-]#[N+]c1c(N=Nc2c(C)[nH]n(-c3ccc(C(=O)OCC)cc3)c2=O)n[nH]c1C(C)(C)C. The average molecular weight is 421 g/mol. The molecular formula is C21H23N7O3. The fourth-order valence-corrected chi connectivity index (χ4v) is 2.92. The first kappa shape index (κ1) is 21.7. The molecule has 0 aliphatic heterocycles. The molecule has 0 radical (unpaired) electrons. The molecule has 2 aromatic heterocycles. The van der Waals surface area contributed by atoms with E-state index >= 15 is 0 Å².